The Labute approximate surface area is 147 Å². The molecule has 3 aromatic rings. The van der Waals surface area contributed by atoms with Gasteiger partial charge >= 0.3 is 0 Å². The molecule has 0 unspecified atom stereocenters. The van der Waals surface area contributed by atoms with Crippen LogP contribution in [0.4, 0.5) is 5.82 Å². The summed E-state index contributed by atoms with van der Waals surface area (Å²) in [6.45, 7) is 0.0831. The number of rotatable bonds is 5. The average Bonchev–Trinajstić information content (AvgIpc) is 3.02. The van der Waals surface area contributed by atoms with Crippen molar-refractivity contribution in [2.45, 2.75) is 19.4 Å². The van der Waals surface area contributed by atoms with E-state index in [2.05, 4.69) is 15.1 Å². The number of nitrogens with zero attached hydrogens (tertiary/aromatic N) is 4. The summed E-state index contributed by atoms with van der Waals surface area (Å²) in [5, 5.41) is 4.48. The molecule has 0 saturated heterocycles. The van der Waals surface area contributed by atoms with Crippen LogP contribution in [0.2, 0.25) is 10.0 Å². The van der Waals surface area contributed by atoms with Crippen LogP contribution >= 0.6 is 23.2 Å². The number of nitrogens with two attached hydrogens (primary N) is 1. The number of benzene rings is 1. The summed E-state index contributed by atoms with van der Waals surface area (Å²) < 4.78 is 6.42. The van der Waals surface area contributed by atoms with Gasteiger partial charge in [-0.05, 0) is 24.1 Å². The van der Waals surface area contributed by atoms with Crippen molar-refractivity contribution >= 4 is 29.0 Å². The minimum absolute atomic E-state index is 0.00732. The molecule has 124 valence electrons. The van der Waals surface area contributed by atoms with E-state index in [9.17, 15) is 4.79 Å². The van der Waals surface area contributed by atoms with E-state index in [0.29, 0.717) is 23.2 Å². The lowest BCUT2D eigenvalue weighted by Crippen LogP contribution is -2.22. The first-order chi connectivity index (χ1) is 11.5. The minimum atomic E-state index is -0.454. The van der Waals surface area contributed by atoms with Crippen molar-refractivity contribution in [2.75, 3.05) is 5.73 Å². The van der Waals surface area contributed by atoms with E-state index >= 15 is 0 Å². The van der Waals surface area contributed by atoms with Gasteiger partial charge in [0.25, 0.3) is 5.56 Å². The molecule has 3 rings (SSSR count). The zero-order chi connectivity index (χ0) is 17.1. The fourth-order valence-electron chi connectivity index (χ4n) is 2.10. The maximum absolute atomic E-state index is 11.9. The van der Waals surface area contributed by atoms with Gasteiger partial charge in [-0.3, -0.25) is 9.36 Å². The molecule has 0 bridgehead atoms. The molecule has 0 spiro atoms. The molecule has 0 amide bonds. The third-order valence-electron chi connectivity index (χ3n) is 3.38. The fourth-order valence-corrected chi connectivity index (χ4v) is 2.38. The second-order valence-electron chi connectivity index (χ2n) is 5.11. The van der Waals surface area contributed by atoms with Crippen LogP contribution in [0.15, 0.2) is 39.9 Å². The lowest BCUT2D eigenvalue weighted by molar-refractivity contribution is 0.364. The second kappa shape index (κ2) is 7.02. The summed E-state index contributed by atoms with van der Waals surface area (Å²) in [5.41, 5.74) is 6.14. The number of halogens is 2. The van der Waals surface area contributed by atoms with Crippen LogP contribution in [-0.4, -0.2) is 19.7 Å². The van der Waals surface area contributed by atoms with Crippen LogP contribution in [0, 0.1) is 0 Å². The lowest BCUT2D eigenvalue weighted by Gasteiger charge is -2.02. The number of hydrogen-bond donors (Lipinski definition) is 1. The van der Waals surface area contributed by atoms with Gasteiger partial charge in [-0.25, -0.2) is 4.98 Å². The van der Waals surface area contributed by atoms with Crippen LogP contribution in [0.1, 0.15) is 17.3 Å². The number of hydrogen-bond acceptors (Lipinski definition) is 6. The highest BCUT2D eigenvalue weighted by molar-refractivity contribution is 6.32. The molecular weight excluding hydrogens is 353 g/mol. The van der Waals surface area contributed by atoms with Gasteiger partial charge in [0, 0.05) is 11.4 Å². The number of aromatic nitrogens is 4. The summed E-state index contributed by atoms with van der Waals surface area (Å²) in [5.74, 6) is 0.848. The minimum Gasteiger partial charge on any atom is -0.382 e. The Morgan fingerprint density at radius 3 is 2.67 bits per heavy atom. The summed E-state index contributed by atoms with van der Waals surface area (Å²) in [7, 11) is 0. The van der Waals surface area contributed by atoms with E-state index in [-0.39, 0.29) is 17.4 Å². The smallest absolute Gasteiger partial charge is 0.274 e. The van der Waals surface area contributed by atoms with Crippen molar-refractivity contribution in [1.82, 2.24) is 19.7 Å². The topological polar surface area (TPSA) is 99.8 Å². The predicted molar refractivity (Wildman–Crippen MR) is 90.2 cm³/mol. The SMILES string of the molecule is Nc1ncn(Cc2nc(CCc3ccc(Cl)cc3)no2)c(=O)c1Cl. The van der Waals surface area contributed by atoms with E-state index < -0.39 is 5.56 Å². The van der Waals surface area contributed by atoms with Gasteiger partial charge in [-0.2, -0.15) is 4.98 Å². The molecule has 1 aromatic carbocycles. The van der Waals surface area contributed by atoms with Crippen molar-refractivity contribution in [2.24, 2.45) is 0 Å². The molecule has 7 nitrogen and oxygen atoms in total. The Bertz CT molecular complexity index is 905. The van der Waals surface area contributed by atoms with Crippen LogP contribution in [0.25, 0.3) is 0 Å². The van der Waals surface area contributed by atoms with Gasteiger partial charge < -0.3 is 10.3 Å². The van der Waals surface area contributed by atoms with E-state index in [1.807, 2.05) is 24.3 Å². The zero-order valence-electron chi connectivity index (χ0n) is 12.4. The lowest BCUT2D eigenvalue weighted by atomic mass is 10.1. The normalized spacial score (nSPS) is 10.9. The van der Waals surface area contributed by atoms with Crippen molar-refractivity contribution in [3.8, 4) is 0 Å². The van der Waals surface area contributed by atoms with Gasteiger partial charge in [0.2, 0.25) is 5.89 Å². The maximum Gasteiger partial charge on any atom is 0.274 e. The number of nitrogen functional groups attached to an aromatic ring is 1. The summed E-state index contributed by atoms with van der Waals surface area (Å²) in [6, 6.07) is 7.57. The summed E-state index contributed by atoms with van der Waals surface area (Å²) >= 11 is 11.6. The van der Waals surface area contributed by atoms with E-state index in [0.717, 1.165) is 12.0 Å². The molecule has 0 fully saturated rings. The summed E-state index contributed by atoms with van der Waals surface area (Å²) in [4.78, 5) is 20.0. The Hall–Kier alpha value is -2.38. The molecule has 0 saturated carbocycles. The second-order valence-corrected chi connectivity index (χ2v) is 5.92. The van der Waals surface area contributed by atoms with Gasteiger partial charge in [-0.15, -0.1) is 0 Å². The van der Waals surface area contributed by atoms with Gasteiger partial charge in [0.05, 0.1) is 0 Å². The van der Waals surface area contributed by atoms with Gasteiger partial charge in [0.15, 0.2) is 5.82 Å². The Morgan fingerprint density at radius 2 is 1.92 bits per heavy atom. The molecule has 0 atom stereocenters. The Morgan fingerprint density at radius 1 is 1.17 bits per heavy atom. The number of aryl methyl sites for hydroxylation is 2. The Kier molecular flexibility index (Phi) is 4.82. The van der Waals surface area contributed by atoms with Crippen molar-refractivity contribution in [3.05, 3.63) is 68.3 Å². The first kappa shape index (κ1) is 16.5. The monoisotopic (exact) mass is 365 g/mol. The third-order valence-corrected chi connectivity index (χ3v) is 3.98. The van der Waals surface area contributed by atoms with Crippen molar-refractivity contribution < 1.29 is 4.52 Å². The van der Waals surface area contributed by atoms with E-state index in [1.165, 1.54) is 10.9 Å². The molecule has 9 heteroatoms. The molecule has 2 aromatic heterocycles. The molecule has 0 aliphatic heterocycles. The highest BCUT2D eigenvalue weighted by Gasteiger charge is 2.11. The van der Waals surface area contributed by atoms with Gasteiger partial charge in [0.1, 0.15) is 23.7 Å². The van der Waals surface area contributed by atoms with Crippen LogP contribution < -0.4 is 11.3 Å². The van der Waals surface area contributed by atoms with E-state index in [1.54, 1.807) is 0 Å². The molecule has 2 heterocycles. The molecule has 0 aliphatic carbocycles. The highest BCUT2D eigenvalue weighted by atomic mass is 35.5. The number of anilines is 1. The molecule has 0 radical (unpaired) electrons. The maximum atomic E-state index is 11.9. The molecule has 24 heavy (non-hydrogen) atoms. The van der Waals surface area contributed by atoms with Crippen molar-refractivity contribution in [1.29, 1.82) is 0 Å². The van der Waals surface area contributed by atoms with Crippen LogP contribution in [0.3, 0.4) is 0 Å². The quantitative estimate of drug-likeness (QED) is 0.744. The first-order valence-electron chi connectivity index (χ1n) is 7.09. The molecule has 0 aliphatic rings. The first-order valence-corrected chi connectivity index (χ1v) is 7.85. The Balaban J connectivity index is 1.66. The van der Waals surface area contributed by atoms with Crippen molar-refractivity contribution in [3.63, 3.8) is 0 Å². The average molecular weight is 366 g/mol. The summed E-state index contributed by atoms with van der Waals surface area (Å²) in [6.07, 6.45) is 2.66. The van der Waals surface area contributed by atoms with Crippen LogP contribution in [0.5, 0.6) is 0 Å². The zero-order valence-corrected chi connectivity index (χ0v) is 14.0. The third kappa shape index (κ3) is 3.74. The van der Waals surface area contributed by atoms with E-state index in [4.69, 9.17) is 33.5 Å². The van der Waals surface area contributed by atoms with Gasteiger partial charge in [-0.1, -0.05) is 40.5 Å². The predicted octanol–water partition coefficient (Wildman–Crippen LogP) is 2.35. The van der Waals surface area contributed by atoms with Crippen LogP contribution in [-0.2, 0) is 19.4 Å². The standard InChI is InChI=1S/C15H13Cl2N5O2/c16-10-4-1-9(2-5-10)3-6-11-20-12(24-21-11)7-22-8-19-14(18)13(17)15(22)23/h1-2,4-5,8H,3,6-7,18H2. The molecule has 2 N–H and O–H groups in total. The highest BCUT2D eigenvalue weighted by Crippen LogP contribution is 2.12. The molecular formula is C15H13Cl2N5O2. The fraction of sp³-hybridized carbons (Fsp3) is 0.200. The largest absolute Gasteiger partial charge is 0.382 e.